The number of aromatic amines is 1. The molecule has 0 unspecified atom stereocenters. The molecule has 1 aliphatic carbocycles. The Morgan fingerprint density at radius 3 is 3.10 bits per heavy atom. The summed E-state index contributed by atoms with van der Waals surface area (Å²) in [7, 11) is 0. The quantitative estimate of drug-likeness (QED) is 0.501. The predicted molar refractivity (Wildman–Crippen MR) is 81.9 cm³/mol. The highest BCUT2D eigenvalue weighted by Crippen LogP contribution is 2.24. The molecule has 1 aromatic carbocycles. The van der Waals surface area contributed by atoms with Gasteiger partial charge >= 0.3 is 5.65 Å². The van der Waals surface area contributed by atoms with Crippen LogP contribution in [0, 0.1) is 0 Å². The molecule has 4 heteroatoms. The van der Waals surface area contributed by atoms with E-state index in [2.05, 4.69) is 35.3 Å². The van der Waals surface area contributed by atoms with Crippen molar-refractivity contribution in [1.29, 1.82) is 0 Å². The first-order valence-corrected chi connectivity index (χ1v) is 7.19. The Morgan fingerprint density at radius 1 is 1.14 bits per heavy atom. The fourth-order valence-electron chi connectivity index (χ4n) is 3.15. The number of allylic oxidation sites excluding steroid dienone is 1. The van der Waals surface area contributed by atoms with E-state index in [1.807, 2.05) is 22.8 Å². The number of fused-ring (bicyclic) bond motifs is 6. The highest BCUT2D eigenvalue weighted by Gasteiger charge is 2.21. The summed E-state index contributed by atoms with van der Waals surface area (Å²) in [5.74, 6) is 0. The summed E-state index contributed by atoms with van der Waals surface area (Å²) >= 11 is 0. The number of para-hydroxylation sites is 1. The maximum absolute atomic E-state index is 4.84. The van der Waals surface area contributed by atoms with Crippen molar-refractivity contribution in [2.75, 3.05) is 0 Å². The second kappa shape index (κ2) is 3.88. The van der Waals surface area contributed by atoms with Gasteiger partial charge < -0.3 is 4.98 Å². The standard InChI is InChI=1S/C17H12N4/c1-2-6-12-11(5-1)9-10-21-17(12)19-16-15(20-21)13-7-3-4-8-14(13)18-16/h1,3-5,7-10H,2,6H2/p+1. The van der Waals surface area contributed by atoms with Crippen LogP contribution in [-0.4, -0.2) is 15.1 Å². The Hall–Kier alpha value is -2.75. The number of aromatic nitrogens is 4. The largest absolute Gasteiger partial charge is 0.354 e. The van der Waals surface area contributed by atoms with E-state index in [9.17, 15) is 0 Å². The first-order valence-electron chi connectivity index (χ1n) is 7.19. The molecular weight excluding hydrogens is 260 g/mol. The van der Waals surface area contributed by atoms with Crippen molar-refractivity contribution >= 4 is 33.8 Å². The summed E-state index contributed by atoms with van der Waals surface area (Å²) in [6.45, 7) is 0. The molecule has 1 aliphatic rings. The van der Waals surface area contributed by atoms with Crippen LogP contribution in [0.5, 0.6) is 0 Å². The molecule has 0 atom stereocenters. The van der Waals surface area contributed by atoms with E-state index >= 15 is 0 Å². The van der Waals surface area contributed by atoms with Crippen LogP contribution in [0.4, 0.5) is 0 Å². The average molecular weight is 273 g/mol. The van der Waals surface area contributed by atoms with Crippen LogP contribution in [0.25, 0.3) is 33.8 Å². The number of hydrogen-bond donors (Lipinski definition) is 1. The molecule has 0 spiro atoms. The molecule has 0 radical (unpaired) electrons. The second-order valence-corrected chi connectivity index (χ2v) is 5.44. The predicted octanol–water partition coefficient (Wildman–Crippen LogP) is 2.81. The Labute approximate surface area is 120 Å². The summed E-state index contributed by atoms with van der Waals surface area (Å²) in [6.07, 6.45) is 8.48. The smallest absolute Gasteiger partial charge is 0.317 e. The van der Waals surface area contributed by atoms with Gasteiger partial charge in [-0.3, -0.25) is 0 Å². The van der Waals surface area contributed by atoms with Crippen molar-refractivity contribution in [2.24, 2.45) is 0 Å². The maximum Gasteiger partial charge on any atom is 0.354 e. The molecule has 0 amide bonds. The summed E-state index contributed by atoms with van der Waals surface area (Å²) in [5.41, 5.74) is 6.36. The fourth-order valence-corrected chi connectivity index (χ4v) is 3.15. The number of nitrogens with zero attached hydrogens (tertiary/aromatic N) is 3. The van der Waals surface area contributed by atoms with Gasteiger partial charge in [0.15, 0.2) is 5.52 Å². The lowest BCUT2D eigenvalue weighted by Gasteiger charge is -2.07. The van der Waals surface area contributed by atoms with Gasteiger partial charge in [-0.25, -0.2) is 0 Å². The van der Waals surface area contributed by atoms with Gasteiger partial charge in [-0.05, 0) is 35.5 Å². The molecule has 0 fully saturated rings. The SMILES string of the molecule is C1=Cc2cc[n+]3nc4c(nc3c2CC1)[nH]c1ccccc14. The van der Waals surface area contributed by atoms with Crippen molar-refractivity contribution in [3.63, 3.8) is 0 Å². The molecule has 4 aromatic rings. The lowest BCUT2D eigenvalue weighted by atomic mass is 9.99. The zero-order valence-electron chi connectivity index (χ0n) is 11.4. The zero-order valence-corrected chi connectivity index (χ0v) is 11.4. The molecule has 100 valence electrons. The molecule has 0 saturated heterocycles. The molecule has 0 aliphatic heterocycles. The van der Waals surface area contributed by atoms with Crippen LogP contribution >= 0.6 is 0 Å². The fraction of sp³-hybridized carbons (Fsp3) is 0.118. The van der Waals surface area contributed by atoms with E-state index in [-0.39, 0.29) is 0 Å². The monoisotopic (exact) mass is 273 g/mol. The third-order valence-electron chi connectivity index (χ3n) is 4.17. The zero-order chi connectivity index (χ0) is 13.8. The lowest BCUT2D eigenvalue weighted by Crippen LogP contribution is -2.29. The Kier molecular flexibility index (Phi) is 2.03. The summed E-state index contributed by atoms with van der Waals surface area (Å²) < 4.78 is 1.90. The number of pyridine rings is 1. The molecule has 21 heavy (non-hydrogen) atoms. The number of H-pyrrole nitrogens is 1. The van der Waals surface area contributed by atoms with Crippen LogP contribution in [0.3, 0.4) is 0 Å². The van der Waals surface area contributed by atoms with Gasteiger partial charge in [0.25, 0.3) is 5.65 Å². The third-order valence-corrected chi connectivity index (χ3v) is 4.17. The second-order valence-electron chi connectivity index (χ2n) is 5.44. The van der Waals surface area contributed by atoms with Crippen LogP contribution in [-0.2, 0) is 6.42 Å². The van der Waals surface area contributed by atoms with Crippen molar-refractivity contribution in [3.8, 4) is 0 Å². The van der Waals surface area contributed by atoms with Gasteiger partial charge in [-0.2, -0.15) is 0 Å². The van der Waals surface area contributed by atoms with E-state index in [0.717, 1.165) is 40.6 Å². The first-order chi connectivity index (χ1) is 10.4. The van der Waals surface area contributed by atoms with Gasteiger partial charge in [0.05, 0.1) is 11.1 Å². The van der Waals surface area contributed by atoms with Crippen LogP contribution in [0.1, 0.15) is 17.5 Å². The molecule has 0 bridgehead atoms. The Balaban J connectivity index is 1.96. The van der Waals surface area contributed by atoms with E-state index < -0.39 is 0 Å². The van der Waals surface area contributed by atoms with Gasteiger partial charge in [-0.1, -0.05) is 35.4 Å². The highest BCUT2D eigenvalue weighted by atomic mass is 15.3. The van der Waals surface area contributed by atoms with Crippen LogP contribution in [0.2, 0.25) is 0 Å². The summed E-state index contributed by atoms with van der Waals surface area (Å²) in [6, 6.07) is 10.3. The maximum atomic E-state index is 4.84. The summed E-state index contributed by atoms with van der Waals surface area (Å²) in [5, 5.41) is 5.89. The number of benzene rings is 1. The first kappa shape index (κ1) is 11.0. The van der Waals surface area contributed by atoms with Gasteiger partial charge in [0.2, 0.25) is 0 Å². The normalized spacial score (nSPS) is 14.1. The Morgan fingerprint density at radius 2 is 2.10 bits per heavy atom. The molecule has 0 saturated carbocycles. The minimum absolute atomic E-state index is 0.860. The van der Waals surface area contributed by atoms with E-state index in [0.29, 0.717) is 0 Å². The van der Waals surface area contributed by atoms with E-state index in [1.54, 1.807) is 0 Å². The molecule has 1 N–H and O–H groups in total. The molecule has 3 heterocycles. The Bertz CT molecular complexity index is 1040. The van der Waals surface area contributed by atoms with Crippen molar-refractivity contribution < 1.29 is 4.52 Å². The van der Waals surface area contributed by atoms with Crippen LogP contribution in [0.15, 0.2) is 42.6 Å². The van der Waals surface area contributed by atoms with Crippen molar-refractivity contribution in [2.45, 2.75) is 12.8 Å². The third kappa shape index (κ3) is 1.47. The molecule has 5 rings (SSSR count). The number of rotatable bonds is 0. The highest BCUT2D eigenvalue weighted by molar-refractivity contribution is 6.03. The number of aryl methyl sites for hydroxylation is 1. The van der Waals surface area contributed by atoms with E-state index in [4.69, 9.17) is 10.1 Å². The van der Waals surface area contributed by atoms with E-state index in [1.165, 1.54) is 11.1 Å². The molecular formula is C17H13N4+. The van der Waals surface area contributed by atoms with Crippen LogP contribution < -0.4 is 4.52 Å². The number of hydrogen-bond acceptors (Lipinski definition) is 2. The average Bonchev–Trinajstić information content (AvgIpc) is 2.90. The van der Waals surface area contributed by atoms with Gasteiger partial charge in [0.1, 0.15) is 6.20 Å². The minimum atomic E-state index is 0.860. The lowest BCUT2D eigenvalue weighted by molar-refractivity contribution is -0.580. The van der Waals surface area contributed by atoms with Gasteiger partial charge in [-0.15, -0.1) is 4.52 Å². The number of nitrogens with one attached hydrogen (secondary N) is 1. The molecule has 4 nitrogen and oxygen atoms in total. The van der Waals surface area contributed by atoms with Crippen molar-refractivity contribution in [3.05, 3.63) is 53.7 Å². The molecule has 3 aromatic heterocycles. The van der Waals surface area contributed by atoms with Gasteiger partial charge in [0, 0.05) is 5.39 Å². The van der Waals surface area contributed by atoms with Crippen molar-refractivity contribution in [1.82, 2.24) is 15.1 Å². The summed E-state index contributed by atoms with van der Waals surface area (Å²) in [4.78, 5) is 8.21. The minimum Gasteiger partial charge on any atom is -0.317 e. The topological polar surface area (TPSA) is 45.7 Å².